The van der Waals surface area contributed by atoms with Crippen LogP contribution in [0.5, 0.6) is 11.5 Å². The van der Waals surface area contributed by atoms with Crippen molar-refractivity contribution in [2.24, 2.45) is 5.41 Å². The van der Waals surface area contributed by atoms with E-state index in [1.807, 2.05) is 12.1 Å². The van der Waals surface area contributed by atoms with Gasteiger partial charge in [0.1, 0.15) is 0 Å². The fraction of sp³-hybridized carbons (Fsp3) is 0.600. The van der Waals surface area contributed by atoms with E-state index in [4.69, 9.17) is 9.47 Å². The molecule has 1 aromatic carbocycles. The SMILES string of the molecule is CC(C)(C)C(CCO)NCc1cc(Br)c2c(c1)OCO2. The molecule has 0 saturated carbocycles. The molecular formula is C15H22BrNO3. The maximum Gasteiger partial charge on any atom is 0.231 e. The second kappa shape index (κ2) is 6.33. The number of hydrogen-bond donors (Lipinski definition) is 2. The third-order valence-corrected chi connectivity index (χ3v) is 4.09. The van der Waals surface area contributed by atoms with Crippen molar-refractivity contribution in [1.29, 1.82) is 0 Å². The summed E-state index contributed by atoms with van der Waals surface area (Å²) in [6.45, 7) is 7.73. The maximum atomic E-state index is 9.18. The van der Waals surface area contributed by atoms with Crippen LogP contribution < -0.4 is 14.8 Å². The van der Waals surface area contributed by atoms with Gasteiger partial charge in [0.15, 0.2) is 11.5 Å². The Bertz CT molecular complexity index is 471. The summed E-state index contributed by atoms with van der Waals surface area (Å²) in [4.78, 5) is 0. The Labute approximate surface area is 128 Å². The Morgan fingerprint density at radius 2 is 2.10 bits per heavy atom. The average molecular weight is 344 g/mol. The van der Waals surface area contributed by atoms with Gasteiger partial charge in [-0.05, 0) is 45.5 Å². The monoisotopic (exact) mass is 343 g/mol. The Balaban J connectivity index is 2.05. The second-order valence-electron chi connectivity index (χ2n) is 6.12. The predicted molar refractivity (Wildman–Crippen MR) is 82.1 cm³/mol. The zero-order valence-corrected chi connectivity index (χ0v) is 13.8. The molecule has 2 N–H and O–H groups in total. The third kappa shape index (κ3) is 3.65. The molecule has 1 atom stereocenters. The van der Waals surface area contributed by atoms with E-state index in [2.05, 4.69) is 42.0 Å². The first-order chi connectivity index (χ1) is 9.41. The largest absolute Gasteiger partial charge is 0.454 e. The predicted octanol–water partition coefficient (Wildman–Crippen LogP) is 3.06. The lowest BCUT2D eigenvalue weighted by Crippen LogP contribution is -2.40. The van der Waals surface area contributed by atoms with E-state index in [1.54, 1.807) is 0 Å². The van der Waals surface area contributed by atoms with E-state index in [-0.39, 0.29) is 24.9 Å². The van der Waals surface area contributed by atoms with Crippen LogP contribution in [-0.4, -0.2) is 24.5 Å². The third-order valence-electron chi connectivity index (χ3n) is 3.50. The lowest BCUT2D eigenvalue weighted by molar-refractivity contribution is 0.173. The van der Waals surface area contributed by atoms with Crippen molar-refractivity contribution in [3.63, 3.8) is 0 Å². The Morgan fingerprint density at radius 3 is 2.75 bits per heavy atom. The number of rotatable bonds is 5. The molecule has 1 unspecified atom stereocenters. The van der Waals surface area contributed by atoms with E-state index in [9.17, 15) is 5.11 Å². The Hall–Kier alpha value is -0.780. The van der Waals surface area contributed by atoms with Crippen LogP contribution in [-0.2, 0) is 6.54 Å². The van der Waals surface area contributed by atoms with Crippen LogP contribution in [0.15, 0.2) is 16.6 Å². The number of fused-ring (bicyclic) bond motifs is 1. The molecule has 4 nitrogen and oxygen atoms in total. The highest BCUT2D eigenvalue weighted by Crippen LogP contribution is 2.40. The summed E-state index contributed by atoms with van der Waals surface area (Å²) >= 11 is 3.50. The Kier molecular flexibility index (Phi) is 4.94. The van der Waals surface area contributed by atoms with Gasteiger partial charge in [0.05, 0.1) is 4.47 Å². The van der Waals surface area contributed by atoms with E-state index in [0.29, 0.717) is 0 Å². The van der Waals surface area contributed by atoms with Crippen LogP contribution >= 0.6 is 15.9 Å². The number of ether oxygens (including phenoxy) is 2. The highest BCUT2D eigenvalue weighted by atomic mass is 79.9. The van der Waals surface area contributed by atoms with Gasteiger partial charge in [-0.2, -0.15) is 0 Å². The fourth-order valence-corrected chi connectivity index (χ4v) is 2.94. The molecule has 0 radical (unpaired) electrons. The molecule has 0 amide bonds. The van der Waals surface area contributed by atoms with E-state index in [1.165, 1.54) is 0 Å². The molecule has 5 heteroatoms. The minimum Gasteiger partial charge on any atom is -0.454 e. The van der Waals surface area contributed by atoms with Crippen LogP contribution in [0.4, 0.5) is 0 Å². The highest BCUT2D eigenvalue weighted by Gasteiger charge is 2.24. The molecule has 0 bridgehead atoms. The van der Waals surface area contributed by atoms with Gasteiger partial charge in [0, 0.05) is 19.2 Å². The molecule has 0 spiro atoms. The summed E-state index contributed by atoms with van der Waals surface area (Å²) in [5.74, 6) is 1.56. The van der Waals surface area contributed by atoms with Gasteiger partial charge in [-0.3, -0.25) is 0 Å². The topological polar surface area (TPSA) is 50.7 Å². The van der Waals surface area contributed by atoms with Crippen LogP contribution in [0.3, 0.4) is 0 Å². The number of nitrogens with one attached hydrogen (secondary N) is 1. The highest BCUT2D eigenvalue weighted by molar-refractivity contribution is 9.10. The van der Waals surface area contributed by atoms with Crippen LogP contribution in [0, 0.1) is 5.41 Å². The van der Waals surface area contributed by atoms with Gasteiger partial charge in [0.2, 0.25) is 6.79 Å². The maximum absolute atomic E-state index is 9.18. The van der Waals surface area contributed by atoms with Crippen molar-refractivity contribution in [2.45, 2.75) is 39.8 Å². The quantitative estimate of drug-likeness (QED) is 0.862. The summed E-state index contributed by atoms with van der Waals surface area (Å²) in [7, 11) is 0. The zero-order valence-electron chi connectivity index (χ0n) is 12.2. The molecule has 2 rings (SSSR count). The summed E-state index contributed by atoms with van der Waals surface area (Å²) in [6.07, 6.45) is 0.745. The number of hydrogen-bond acceptors (Lipinski definition) is 4. The zero-order chi connectivity index (χ0) is 14.8. The summed E-state index contributed by atoms with van der Waals surface area (Å²) in [5.41, 5.74) is 1.24. The standard InChI is InChI=1S/C15H22BrNO3/c1-15(2,3)13(4-5-18)17-8-10-6-11(16)14-12(7-10)19-9-20-14/h6-7,13,17-18H,4-5,8-9H2,1-3H3. The molecule has 20 heavy (non-hydrogen) atoms. The normalized spacial score (nSPS) is 15.4. The first-order valence-corrected chi connectivity index (χ1v) is 7.63. The smallest absolute Gasteiger partial charge is 0.231 e. The molecule has 0 aromatic heterocycles. The average Bonchev–Trinajstić information content (AvgIpc) is 2.81. The first-order valence-electron chi connectivity index (χ1n) is 6.84. The summed E-state index contributed by atoms with van der Waals surface area (Å²) in [5, 5.41) is 12.7. The molecule has 1 heterocycles. The van der Waals surface area contributed by atoms with Gasteiger partial charge in [0.25, 0.3) is 0 Å². The minimum atomic E-state index is 0.107. The van der Waals surface area contributed by atoms with Crippen molar-refractivity contribution in [2.75, 3.05) is 13.4 Å². The molecule has 112 valence electrons. The van der Waals surface area contributed by atoms with Gasteiger partial charge >= 0.3 is 0 Å². The van der Waals surface area contributed by atoms with Gasteiger partial charge < -0.3 is 19.9 Å². The molecule has 0 saturated heterocycles. The first kappa shape index (κ1) is 15.6. The summed E-state index contributed by atoms with van der Waals surface area (Å²) in [6, 6.07) is 4.30. The van der Waals surface area contributed by atoms with Crippen molar-refractivity contribution < 1.29 is 14.6 Å². The van der Waals surface area contributed by atoms with E-state index in [0.717, 1.165) is 34.5 Å². The number of halogens is 1. The molecular weight excluding hydrogens is 322 g/mol. The van der Waals surface area contributed by atoms with E-state index >= 15 is 0 Å². The van der Waals surface area contributed by atoms with Crippen molar-refractivity contribution in [3.05, 3.63) is 22.2 Å². The second-order valence-corrected chi connectivity index (χ2v) is 6.98. The number of aliphatic hydroxyl groups excluding tert-OH is 1. The van der Waals surface area contributed by atoms with Gasteiger partial charge in [-0.1, -0.05) is 20.8 Å². The van der Waals surface area contributed by atoms with Crippen LogP contribution in [0.1, 0.15) is 32.8 Å². The summed E-state index contributed by atoms with van der Waals surface area (Å²) < 4.78 is 11.7. The Morgan fingerprint density at radius 1 is 1.35 bits per heavy atom. The lowest BCUT2D eigenvalue weighted by atomic mass is 9.85. The van der Waals surface area contributed by atoms with E-state index < -0.39 is 0 Å². The molecule has 1 aliphatic heterocycles. The lowest BCUT2D eigenvalue weighted by Gasteiger charge is -2.31. The fourth-order valence-electron chi connectivity index (χ4n) is 2.33. The molecule has 1 aromatic rings. The van der Waals surface area contributed by atoms with Crippen LogP contribution in [0.2, 0.25) is 0 Å². The van der Waals surface area contributed by atoms with Crippen molar-refractivity contribution >= 4 is 15.9 Å². The molecule has 0 aliphatic carbocycles. The molecule has 0 fully saturated rings. The van der Waals surface area contributed by atoms with Crippen LogP contribution in [0.25, 0.3) is 0 Å². The van der Waals surface area contributed by atoms with Crippen molar-refractivity contribution in [1.82, 2.24) is 5.32 Å². The van der Waals surface area contributed by atoms with Gasteiger partial charge in [-0.15, -0.1) is 0 Å². The number of benzene rings is 1. The molecule has 1 aliphatic rings. The number of aliphatic hydroxyl groups is 1. The van der Waals surface area contributed by atoms with Crippen molar-refractivity contribution in [3.8, 4) is 11.5 Å². The van der Waals surface area contributed by atoms with Gasteiger partial charge in [-0.25, -0.2) is 0 Å². The minimum absolute atomic E-state index is 0.107.